The molecule has 1 saturated heterocycles. The van der Waals surface area contributed by atoms with E-state index in [0.29, 0.717) is 6.61 Å². The molecule has 0 spiro atoms. The predicted molar refractivity (Wildman–Crippen MR) is 89.0 cm³/mol. The molecule has 7 heteroatoms. The Bertz CT molecular complexity index is 678. The van der Waals surface area contributed by atoms with Crippen LogP contribution in [0.5, 0.6) is 0 Å². The normalized spacial score (nSPS) is 20.2. The van der Waals surface area contributed by atoms with Gasteiger partial charge in [-0.1, -0.05) is 29.5 Å². The molecule has 126 valence electrons. The smallest absolute Gasteiger partial charge is 0.244 e. The molecule has 2 atom stereocenters. The third kappa shape index (κ3) is 4.93. The highest BCUT2D eigenvalue weighted by atomic mass is 35.5. The fourth-order valence-electron chi connectivity index (χ4n) is 2.15. The van der Waals surface area contributed by atoms with E-state index in [1.807, 2.05) is 6.92 Å². The molecule has 1 fully saturated rings. The van der Waals surface area contributed by atoms with Crippen LogP contribution >= 0.6 is 11.6 Å². The summed E-state index contributed by atoms with van der Waals surface area (Å²) in [5.74, 6) is 5.64. The Balaban J connectivity index is 2.16. The quantitative estimate of drug-likeness (QED) is 0.423. The van der Waals surface area contributed by atoms with Crippen molar-refractivity contribution in [3.8, 4) is 11.8 Å². The number of hydrogen-bond donors (Lipinski definition) is 0. The second-order valence-corrected chi connectivity index (χ2v) is 7.47. The summed E-state index contributed by atoms with van der Waals surface area (Å²) < 4.78 is 37.4. The summed E-state index contributed by atoms with van der Waals surface area (Å²) in [5.41, 5.74) is 1.00. The minimum atomic E-state index is -3.62. The molecule has 1 aromatic carbocycles. The van der Waals surface area contributed by atoms with Gasteiger partial charge in [-0.05, 0) is 19.1 Å². The van der Waals surface area contributed by atoms with E-state index in [4.69, 9.17) is 21.1 Å². The number of aryl methyl sites for hydroxylation is 1. The molecule has 0 N–H and O–H groups in total. The molecule has 0 aliphatic carbocycles. The molecule has 23 heavy (non-hydrogen) atoms. The van der Waals surface area contributed by atoms with Crippen LogP contribution in [0, 0.1) is 18.8 Å². The van der Waals surface area contributed by atoms with Gasteiger partial charge in [-0.25, -0.2) is 8.42 Å². The van der Waals surface area contributed by atoms with E-state index in [2.05, 4.69) is 11.8 Å². The van der Waals surface area contributed by atoms with E-state index in [9.17, 15) is 8.42 Å². The van der Waals surface area contributed by atoms with E-state index < -0.39 is 10.0 Å². The first-order valence-electron chi connectivity index (χ1n) is 7.22. The number of sulfonamides is 1. The minimum Gasteiger partial charge on any atom is -0.382 e. The molecule has 1 aliphatic heterocycles. The van der Waals surface area contributed by atoms with Gasteiger partial charge in [0.05, 0.1) is 23.9 Å². The molecule has 0 aromatic heterocycles. The summed E-state index contributed by atoms with van der Waals surface area (Å²) in [5, 5.41) is 0. The van der Waals surface area contributed by atoms with Gasteiger partial charge in [-0.3, -0.25) is 0 Å². The number of methoxy groups -OCH3 is 1. The molecule has 0 amide bonds. The SMILES string of the molecule is COC[C@H]1O[C@H]1CN(CC#CCCl)S(=O)(=O)c1ccc(C)cc1. The molecule has 0 bridgehead atoms. The number of nitrogens with zero attached hydrogens (tertiary/aromatic N) is 1. The van der Waals surface area contributed by atoms with Crippen LogP contribution < -0.4 is 0 Å². The second kappa shape index (κ2) is 8.13. The van der Waals surface area contributed by atoms with Crippen LogP contribution in [0.3, 0.4) is 0 Å². The van der Waals surface area contributed by atoms with Gasteiger partial charge in [0.2, 0.25) is 10.0 Å². The Labute approximate surface area is 142 Å². The van der Waals surface area contributed by atoms with Crippen molar-refractivity contribution in [1.82, 2.24) is 4.31 Å². The molecule has 1 aromatic rings. The molecular weight excluding hydrogens is 338 g/mol. The van der Waals surface area contributed by atoms with Gasteiger partial charge in [0.25, 0.3) is 0 Å². The molecule has 0 unspecified atom stereocenters. The lowest BCUT2D eigenvalue weighted by atomic mass is 10.2. The maximum atomic E-state index is 12.8. The van der Waals surface area contributed by atoms with Gasteiger partial charge >= 0.3 is 0 Å². The van der Waals surface area contributed by atoms with Crippen LogP contribution in [0.4, 0.5) is 0 Å². The van der Waals surface area contributed by atoms with Crippen LogP contribution in [0.25, 0.3) is 0 Å². The van der Waals surface area contributed by atoms with Gasteiger partial charge in [-0.2, -0.15) is 4.31 Å². The summed E-state index contributed by atoms with van der Waals surface area (Å²) in [6.07, 6.45) is -0.218. The van der Waals surface area contributed by atoms with Gasteiger partial charge in [0.15, 0.2) is 0 Å². The summed E-state index contributed by atoms with van der Waals surface area (Å²) >= 11 is 5.53. The number of benzene rings is 1. The number of ether oxygens (including phenoxy) is 2. The van der Waals surface area contributed by atoms with Crippen LogP contribution in [0.2, 0.25) is 0 Å². The number of halogens is 1. The van der Waals surface area contributed by atoms with Crippen molar-refractivity contribution in [2.75, 3.05) is 32.7 Å². The summed E-state index contributed by atoms with van der Waals surface area (Å²) in [4.78, 5) is 0.250. The summed E-state index contributed by atoms with van der Waals surface area (Å²) in [6.45, 7) is 2.70. The Morgan fingerprint density at radius 1 is 1.26 bits per heavy atom. The zero-order chi connectivity index (χ0) is 16.9. The zero-order valence-electron chi connectivity index (χ0n) is 13.2. The first-order chi connectivity index (χ1) is 11.0. The van der Waals surface area contributed by atoms with Gasteiger partial charge < -0.3 is 9.47 Å². The van der Waals surface area contributed by atoms with E-state index in [0.717, 1.165) is 5.56 Å². The second-order valence-electron chi connectivity index (χ2n) is 5.27. The first-order valence-corrected chi connectivity index (χ1v) is 9.19. The molecular formula is C16H20ClNO4S. The maximum Gasteiger partial charge on any atom is 0.244 e. The zero-order valence-corrected chi connectivity index (χ0v) is 14.7. The highest BCUT2D eigenvalue weighted by Gasteiger charge is 2.42. The van der Waals surface area contributed by atoms with Crippen LogP contribution in [0.15, 0.2) is 29.2 Å². The number of hydrogen-bond acceptors (Lipinski definition) is 4. The van der Waals surface area contributed by atoms with Crippen molar-refractivity contribution in [3.63, 3.8) is 0 Å². The van der Waals surface area contributed by atoms with Gasteiger partial charge in [0, 0.05) is 13.7 Å². The monoisotopic (exact) mass is 357 g/mol. The largest absolute Gasteiger partial charge is 0.382 e. The first kappa shape index (κ1) is 18.2. The fraction of sp³-hybridized carbons (Fsp3) is 0.500. The van der Waals surface area contributed by atoms with Crippen molar-refractivity contribution in [2.24, 2.45) is 0 Å². The Hall–Kier alpha value is -1.10. The van der Waals surface area contributed by atoms with Crippen molar-refractivity contribution in [2.45, 2.75) is 24.0 Å². The summed E-state index contributed by atoms with van der Waals surface area (Å²) in [7, 11) is -2.04. The van der Waals surface area contributed by atoms with Gasteiger partial charge in [-0.15, -0.1) is 11.6 Å². The highest BCUT2D eigenvalue weighted by molar-refractivity contribution is 7.89. The predicted octanol–water partition coefficient (Wildman–Crippen LogP) is 1.64. The third-order valence-corrected chi connectivity index (χ3v) is 5.47. The highest BCUT2D eigenvalue weighted by Crippen LogP contribution is 2.26. The average Bonchev–Trinajstić information content (AvgIpc) is 3.25. The number of epoxide rings is 1. The van der Waals surface area contributed by atoms with E-state index in [1.165, 1.54) is 4.31 Å². The van der Waals surface area contributed by atoms with Gasteiger partial charge in [0.1, 0.15) is 12.2 Å². The molecule has 0 radical (unpaired) electrons. The minimum absolute atomic E-state index is 0.0586. The number of alkyl halides is 1. The Morgan fingerprint density at radius 3 is 2.57 bits per heavy atom. The number of rotatable bonds is 7. The molecule has 2 rings (SSSR count). The maximum absolute atomic E-state index is 12.8. The van der Waals surface area contributed by atoms with Crippen molar-refractivity contribution in [3.05, 3.63) is 29.8 Å². The molecule has 0 saturated carbocycles. The van der Waals surface area contributed by atoms with Crippen LogP contribution in [-0.4, -0.2) is 57.6 Å². The topological polar surface area (TPSA) is 59.1 Å². The van der Waals surface area contributed by atoms with Crippen LogP contribution in [0.1, 0.15) is 5.56 Å². The third-order valence-electron chi connectivity index (χ3n) is 3.51. The lowest BCUT2D eigenvalue weighted by Gasteiger charge is -2.19. The van der Waals surface area contributed by atoms with Crippen LogP contribution in [-0.2, 0) is 19.5 Å². The average molecular weight is 358 g/mol. The Morgan fingerprint density at radius 2 is 1.96 bits per heavy atom. The lowest BCUT2D eigenvalue weighted by Crippen LogP contribution is -2.35. The van der Waals surface area contributed by atoms with Crippen molar-refractivity contribution in [1.29, 1.82) is 0 Å². The van der Waals surface area contributed by atoms with Crippen molar-refractivity contribution >= 4 is 21.6 Å². The Kier molecular flexibility index (Phi) is 6.45. The molecule has 5 nitrogen and oxygen atoms in total. The van der Waals surface area contributed by atoms with E-state index in [-0.39, 0.29) is 36.1 Å². The molecule has 1 aliphatic rings. The van der Waals surface area contributed by atoms with E-state index in [1.54, 1.807) is 31.4 Å². The standard InChI is InChI=1S/C16H20ClNO4S/c1-13-5-7-14(8-6-13)23(19,20)18(10-4-3-9-17)11-15-16(22-15)12-21-2/h5-8,15-16H,9-12H2,1-2H3/t15-,16+/m0/s1. The molecule has 1 heterocycles. The summed E-state index contributed by atoms with van der Waals surface area (Å²) in [6, 6.07) is 6.76. The van der Waals surface area contributed by atoms with E-state index >= 15 is 0 Å². The lowest BCUT2D eigenvalue weighted by molar-refractivity contribution is 0.171. The fourth-order valence-corrected chi connectivity index (χ4v) is 3.60. The van der Waals surface area contributed by atoms with Crippen molar-refractivity contribution < 1.29 is 17.9 Å².